The molecule has 0 spiro atoms. The smallest absolute Gasteiger partial charge is 0.152 e. The van der Waals surface area contributed by atoms with Crippen molar-refractivity contribution in [3.63, 3.8) is 0 Å². The number of pyridine rings is 1. The largest absolute Gasteiger partial charge is 0.382 e. The van der Waals surface area contributed by atoms with Crippen LogP contribution in [0.15, 0.2) is 24.3 Å². The molecule has 24 heavy (non-hydrogen) atoms. The van der Waals surface area contributed by atoms with E-state index in [0.29, 0.717) is 25.6 Å². The van der Waals surface area contributed by atoms with E-state index in [4.69, 9.17) is 16.2 Å². The third kappa shape index (κ3) is 2.83. The van der Waals surface area contributed by atoms with Gasteiger partial charge in [0.1, 0.15) is 17.9 Å². The van der Waals surface area contributed by atoms with E-state index in [-0.39, 0.29) is 6.04 Å². The minimum absolute atomic E-state index is 0.252. The van der Waals surface area contributed by atoms with E-state index in [1.165, 1.54) is 0 Å². The monoisotopic (exact) mass is 345 g/mol. The van der Waals surface area contributed by atoms with Crippen molar-refractivity contribution in [2.45, 2.75) is 25.5 Å². The lowest BCUT2D eigenvalue weighted by atomic mass is 10.1. The van der Waals surface area contributed by atoms with Crippen LogP contribution in [-0.2, 0) is 11.3 Å². The lowest BCUT2D eigenvalue weighted by Crippen LogP contribution is -2.24. The number of imidazole rings is 1. The molecular formula is C17H23N5OS. The number of hydrogen-bond donors (Lipinski definition) is 3. The molecule has 0 fully saturated rings. The van der Waals surface area contributed by atoms with Gasteiger partial charge in [-0.2, -0.15) is 12.6 Å². The van der Waals surface area contributed by atoms with E-state index < -0.39 is 0 Å². The number of rotatable bonds is 3. The summed E-state index contributed by atoms with van der Waals surface area (Å²) in [5, 5.41) is 1.09. The Labute approximate surface area is 146 Å². The van der Waals surface area contributed by atoms with Crippen LogP contribution < -0.4 is 11.5 Å². The van der Waals surface area contributed by atoms with Crippen LogP contribution in [0.25, 0.3) is 21.9 Å². The maximum absolute atomic E-state index is 6.13. The molecule has 0 amide bonds. The molecule has 0 saturated heterocycles. The maximum Gasteiger partial charge on any atom is 0.152 e. The fourth-order valence-corrected chi connectivity index (χ4v) is 3.29. The van der Waals surface area contributed by atoms with Gasteiger partial charge in [0.15, 0.2) is 5.82 Å². The highest BCUT2D eigenvalue weighted by Gasteiger charge is 2.26. The molecule has 4 N–H and O–H groups in total. The summed E-state index contributed by atoms with van der Waals surface area (Å²) in [6, 6.07) is 8.31. The number of hydrogen-bond acceptors (Lipinski definition) is 6. The van der Waals surface area contributed by atoms with Crippen molar-refractivity contribution < 1.29 is 4.74 Å². The molecule has 128 valence electrons. The average Bonchev–Trinajstić information content (AvgIpc) is 3.03. The number of nitrogens with zero attached hydrogens (tertiary/aromatic N) is 3. The number of benzene rings is 1. The highest BCUT2D eigenvalue weighted by atomic mass is 32.1. The Kier molecular flexibility index (Phi) is 5.23. The van der Waals surface area contributed by atoms with Gasteiger partial charge < -0.3 is 20.8 Å². The van der Waals surface area contributed by atoms with Crippen molar-refractivity contribution in [2.24, 2.45) is 5.73 Å². The first-order valence-corrected chi connectivity index (χ1v) is 8.96. The number of ether oxygens (including phenoxy) is 1. The zero-order chi connectivity index (χ0) is 17.1. The van der Waals surface area contributed by atoms with Crippen LogP contribution >= 0.6 is 12.6 Å². The van der Waals surface area contributed by atoms with Crippen LogP contribution in [0, 0.1) is 0 Å². The van der Waals surface area contributed by atoms with Gasteiger partial charge in [-0.25, -0.2) is 9.97 Å². The highest BCUT2D eigenvalue weighted by Crippen LogP contribution is 2.34. The molecule has 7 heteroatoms. The summed E-state index contributed by atoms with van der Waals surface area (Å²) in [4.78, 5) is 9.16. The number of thiol groups is 1. The summed E-state index contributed by atoms with van der Waals surface area (Å²) in [6.07, 6.45) is 3.64. The molecule has 4 rings (SSSR count). The number of fused-ring (bicyclic) bond motifs is 5. The Morgan fingerprint density at radius 2 is 2.08 bits per heavy atom. The summed E-state index contributed by atoms with van der Waals surface area (Å²) >= 11 is 3.53. The Morgan fingerprint density at radius 3 is 2.88 bits per heavy atom. The number of anilines is 1. The van der Waals surface area contributed by atoms with E-state index in [9.17, 15) is 0 Å². The Balaban J connectivity index is 0.000000815. The quantitative estimate of drug-likeness (QED) is 0.635. The van der Waals surface area contributed by atoms with E-state index in [0.717, 1.165) is 40.6 Å². The van der Waals surface area contributed by atoms with Gasteiger partial charge >= 0.3 is 0 Å². The summed E-state index contributed by atoms with van der Waals surface area (Å²) in [5.41, 5.74) is 14.6. The van der Waals surface area contributed by atoms with Crippen molar-refractivity contribution in [3.05, 3.63) is 30.1 Å². The number of para-hydroxylation sites is 1. The fraction of sp³-hybridized carbons (Fsp3) is 0.412. The number of nitrogen functional groups attached to an aromatic ring is 1. The molecule has 0 saturated carbocycles. The van der Waals surface area contributed by atoms with E-state index in [1.54, 1.807) is 6.26 Å². The lowest BCUT2D eigenvalue weighted by molar-refractivity contribution is 0.0535. The van der Waals surface area contributed by atoms with Crippen molar-refractivity contribution >= 4 is 40.4 Å². The SMILES string of the molecule is CS.NCCC[C@H]1COCc2nc3c(N)nc4ccccc4c3n21. The van der Waals surface area contributed by atoms with Gasteiger partial charge in [0.25, 0.3) is 0 Å². The zero-order valence-electron chi connectivity index (χ0n) is 13.8. The second-order valence-electron chi connectivity index (χ2n) is 5.71. The molecule has 1 atom stereocenters. The van der Waals surface area contributed by atoms with Crippen LogP contribution in [0.1, 0.15) is 24.7 Å². The van der Waals surface area contributed by atoms with Crippen molar-refractivity contribution in [2.75, 3.05) is 25.1 Å². The lowest BCUT2D eigenvalue weighted by Gasteiger charge is -2.26. The molecular weight excluding hydrogens is 322 g/mol. The van der Waals surface area contributed by atoms with Crippen LogP contribution in [0.3, 0.4) is 0 Å². The minimum atomic E-state index is 0.252. The first-order chi connectivity index (χ1) is 11.8. The Bertz CT molecular complexity index is 848. The standard InChI is InChI=1S/C16H19N5O.CH4S/c17-7-3-4-10-8-22-9-13-20-14-15(21(10)13)11-5-1-2-6-12(11)19-16(14)18;1-2/h1-2,5-6,10H,3-4,7-9,17H2,(H2,18,19);2H,1H3/t10-;/m0./s1. The maximum atomic E-state index is 6.13. The summed E-state index contributed by atoms with van der Waals surface area (Å²) < 4.78 is 7.99. The van der Waals surface area contributed by atoms with Gasteiger partial charge in [-0.15, -0.1) is 0 Å². The number of aromatic nitrogens is 3. The first-order valence-electron chi connectivity index (χ1n) is 8.07. The normalized spacial score (nSPS) is 16.7. The second kappa shape index (κ2) is 7.38. The molecule has 0 unspecified atom stereocenters. The van der Waals surface area contributed by atoms with Gasteiger partial charge in [0.2, 0.25) is 0 Å². The molecule has 1 aliphatic rings. The van der Waals surface area contributed by atoms with E-state index in [2.05, 4.69) is 33.2 Å². The predicted octanol–water partition coefficient (Wildman–Crippen LogP) is 2.52. The van der Waals surface area contributed by atoms with Gasteiger partial charge in [-0.05, 0) is 31.7 Å². The first kappa shape index (κ1) is 17.0. The highest BCUT2D eigenvalue weighted by molar-refractivity contribution is 7.79. The fourth-order valence-electron chi connectivity index (χ4n) is 3.29. The van der Waals surface area contributed by atoms with Gasteiger partial charge in [-0.1, -0.05) is 18.2 Å². The van der Waals surface area contributed by atoms with Gasteiger partial charge in [0, 0.05) is 5.39 Å². The molecule has 1 aliphatic heterocycles. The topological polar surface area (TPSA) is 92.0 Å². The van der Waals surface area contributed by atoms with Crippen LogP contribution in [0.2, 0.25) is 0 Å². The molecule has 2 aromatic heterocycles. The van der Waals surface area contributed by atoms with E-state index in [1.807, 2.05) is 18.2 Å². The predicted molar refractivity (Wildman–Crippen MR) is 101 cm³/mol. The summed E-state index contributed by atoms with van der Waals surface area (Å²) in [5.74, 6) is 1.40. The number of nitrogens with two attached hydrogens (primary N) is 2. The summed E-state index contributed by atoms with van der Waals surface area (Å²) in [6.45, 7) is 1.89. The molecule has 3 heterocycles. The Hall–Kier alpha value is -1.83. The van der Waals surface area contributed by atoms with Gasteiger partial charge in [-0.3, -0.25) is 0 Å². The van der Waals surface area contributed by atoms with Crippen LogP contribution in [-0.4, -0.2) is 33.9 Å². The zero-order valence-corrected chi connectivity index (χ0v) is 14.7. The molecule has 0 bridgehead atoms. The van der Waals surface area contributed by atoms with Crippen LogP contribution in [0.4, 0.5) is 5.82 Å². The van der Waals surface area contributed by atoms with Crippen molar-refractivity contribution in [1.29, 1.82) is 0 Å². The molecule has 6 nitrogen and oxygen atoms in total. The van der Waals surface area contributed by atoms with Crippen LogP contribution in [0.5, 0.6) is 0 Å². The average molecular weight is 345 g/mol. The van der Waals surface area contributed by atoms with Crippen molar-refractivity contribution in [1.82, 2.24) is 14.5 Å². The second-order valence-corrected chi connectivity index (χ2v) is 5.71. The minimum Gasteiger partial charge on any atom is -0.382 e. The molecule has 3 aromatic rings. The molecule has 1 aromatic carbocycles. The molecule has 0 radical (unpaired) electrons. The summed E-state index contributed by atoms with van der Waals surface area (Å²) in [7, 11) is 0. The Morgan fingerprint density at radius 1 is 1.29 bits per heavy atom. The van der Waals surface area contributed by atoms with Gasteiger partial charge in [0.05, 0.1) is 23.7 Å². The van der Waals surface area contributed by atoms with Crippen molar-refractivity contribution in [3.8, 4) is 0 Å². The third-order valence-electron chi connectivity index (χ3n) is 4.27. The van der Waals surface area contributed by atoms with E-state index >= 15 is 0 Å². The molecule has 0 aliphatic carbocycles. The third-order valence-corrected chi connectivity index (χ3v) is 4.27.